The first-order valence-corrected chi connectivity index (χ1v) is 11.0. The number of rotatable bonds is 3. The Bertz CT molecular complexity index is 987. The molecule has 6 nitrogen and oxygen atoms in total. The average molecular weight is 424 g/mol. The average Bonchev–Trinajstić information content (AvgIpc) is 2.72. The molecule has 1 saturated heterocycles. The zero-order chi connectivity index (χ0) is 21.3. The summed E-state index contributed by atoms with van der Waals surface area (Å²) in [6.45, 7) is 4.89. The first-order valence-electron chi connectivity index (χ1n) is 10.2. The van der Waals surface area contributed by atoms with E-state index >= 15 is 0 Å². The van der Waals surface area contributed by atoms with E-state index in [2.05, 4.69) is 16.7 Å². The SMILES string of the molecule is Cc1cc(C)cc(NC(=O)[C@@H]2CCCN(C(=O)[C@@H]3Sc4ccccc4NC3=O)C2)c1. The van der Waals surface area contributed by atoms with Crippen LogP contribution in [0.2, 0.25) is 0 Å². The van der Waals surface area contributed by atoms with Gasteiger partial charge in [-0.2, -0.15) is 0 Å². The number of carbonyl (C=O) groups excluding carboxylic acids is 3. The molecular weight excluding hydrogens is 398 g/mol. The lowest BCUT2D eigenvalue weighted by Crippen LogP contribution is -2.50. The van der Waals surface area contributed by atoms with Crippen molar-refractivity contribution in [1.29, 1.82) is 0 Å². The number of aryl methyl sites for hydroxylation is 2. The van der Waals surface area contributed by atoms with Gasteiger partial charge in [0.1, 0.15) is 0 Å². The van der Waals surface area contributed by atoms with Crippen LogP contribution in [0.15, 0.2) is 47.4 Å². The van der Waals surface area contributed by atoms with Gasteiger partial charge in [-0.15, -0.1) is 11.8 Å². The third kappa shape index (κ3) is 4.36. The van der Waals surface area contributed by atoms with Crippen LogP contribution in [0.1, 0.15) is 24.0 Å². The van der Waals surface area contributed by atoms with Crippen molar-refractivity contribution in [2.45, 2.75) is 36.8 Å². The topological polar surface area (TPSA) is 78.5 Å². The van der Waals surface area contributed by atoms with E-state index < -0.39 is 5.25 Å². The van der Waals surface area contributed by atoms with Gasteiger partial charge in [-0.1, -0.05) is 18.2 Å². The van der Waals surface area contributed by atoms with Crippen LogP contribution >= 0.6 is 11.8 Å². The predicted molar refractivity (Wildman–Crippen MR) is 119 cm³/mol. The summed E-state index contributed by atoms with van der Waals surface area (Å²) in [5, 5.41) is 4.99. The molecule has 2 N–H and O–H groups in total. The number of piperidine rings is 1. The summed E-state index contributed by atoms with van der Waals surface area (Å²) in [5.41, 5.74) is 3.69. The van der Waals surface area contributed by atoms with E-state index in [0.29, 0.717) is 13.1 Å². The summed E-state index contributed by atoms with van der Waals surface area (Å²) >= 11 is 1.28. The van der Waals surface area contributed by atoms with E-state index in [9.17, 15) is 14.4 Å². The largest absolute Gasteiger partial charge is 0.340 e. The number of fused-ring (bicyclic) bond motifs is 1. The fourth-order valence-corrected chi connectivity index (χ4v) is 5.14. The van der Waals surface area contributed by atoms with Crippen molar-refractivity contribution < 1.29 is 14.4 Å². The molecule has 30 heavy (non-hydrogen) atoms. The fourth-order valence-electron chi connectivity index (χ4n) is 4.06. The molecule has 0 radical (unpaired) electrons. The maximum Gasteiger partial charge on any atom is 0.247 e. The first-order chi connectivity index (χ1) is 14.4. The van der Waals surface area contributed by atoms with E-state index in [0.717, 1.165) is 40.2 Å². The second-order valence-corrected chi connectivity index (χ2v) is 9.12. The maximum absolute atomic E-state index is 13.1. The van der Waals surface area contributed by atoms with Gasteiger partial charge in [0.2, 0.25) is 17.7 Å². The number of anilines is 2. The Balaban J connectivity index is 1.42. The second-order valence-electron chi connectivity index (χ2n) is 7.97. The third-order valence-corrected chi connectivity index (χ3v) is 6.71. The molecule has 2 aliphatic heterocycles. The minimum atomic E-state index is -0.818. The number of carbonyl (C=O) groups is 3. The summed E-state index contributed by atoms with van der Waals surface area (Å²) in [7, 11) is 0. The van der Waals surface area contributed by atoms with Gasteiger partial charge < -0.3 is 15.5 Å². The number of nitrogens with zero attached hydrogens (tertiary/aromatic N) is 1. The molecule has 0 spiro atoms. The molecule has 1 fully saturated rings. The number of para-hydroxylation sites is 1. The molecule has 0 bridgehead atoms. The van der Waals surface area contributed by atoms with Crippen LogP contribution in [-0.2, 0) is 14.4 Å². The number of hydrogen-bond acceptors (Lipinski definition) is 4. The Morgan fingerprint density at radius 3 is 2.63 bits per heavy atom. The van der Waals surface area contributed by atoms with Crippen LogP contribution in [0, 0.1) is 19.8 Å². The van der Waals surface area contributed by atoms with Crippen molar-refractivity contribution in [2.24, 2.45) is 5.92 Å². The lowest BCUT2D eigenvalue weighted by molar-refractivity contribution is -0.136. The van der Waals surface area contributed by atoms with E-state index in [4.69, 9.17) is 0 Å². The fraction of sp³-hybridized carbons (Fsp3) is 0.348. The van der Waals surface area contributed by atoms with Gasteiger partial charge >= 0.3 is 0 Å². The highest BCUT2D eigenvalue weighted by atomic mass is 32.2. The Kier molecular flexibility index (Phi) is 5.81. The minimum absolute atomic E-state index is 0.0800. The molecule has 3 amide bonds. The zero-order valence-corrected chi connectivity index (χ0v) is 17.9. The highest BCUT2D eigenvalue weighted by molar-refractivity contribution is 8.01. The Morgan fingerprint density at radius 1 is 1.13 bits per heavy atom. The lowest BCUT2D eigenvalue weighted by atomic mass is 9.96. The van der Waals surface area contributed by atoms with Crippen molar-refractivity contribution >= 4 is 40.9 Å². The molecule has 2 heterocycles. The molecule has 7 heteroatoms. The Hall–Kier alpha value is -2.80. The monoisotopic (exact) mass is 423 g/mol. The van der Waals surface area contributed by atoms with Crippen LogP contribution in [0.5, 0.6) is 0 Å². The molecule has 2 aliphatic rings. The molecule has 2 atom stereocenters. The summed E-state index contributed by atoms with van der Waals surface area (Å²) < 4.78 is 0. The summed E-state index contributed by atoms with van der Waals surface area (Å²) in [6, 6.07) is 13.4. The van der Waals surface area contributed by atoms with Crippen LogP contribution in [0.25, 0.3) is 0 Å². The predicted octanol–water partition coefficient (Wildman–Crippen LogP) is 3.59. The Labute approximate surface area is 180 Å². The van der Waals surface area contributed by atoms with Gasteiger partial charge in [0.05, 0.1) is 11.6 Å². The van der Waals surface area contributed by atoms with Gasteiger partial charge in [-0.05, 0) is 62.1 Å². The van der Waals surface area contributed by atoms with E-state index in [-0.39, 0.29) is 23.6 Å². The number of benzene rings is 2. The van der Waals surface area contributed by atoms with Gasteiger partial charge in [-0.25, -0.2) is 0 Å². The molecule has 0 saturated carbocycles. The number of thioether (sulfide) groups is 1. The molecule has 0 aliphatic carbocycles. The van der Waals surface area contributed by atoms with Crippen molar-refractivity contribution in [2.75, 3.05) is 23.7 Å². The van der Waals surface area contributed by atoms with Gasteiger partial charge in [0.25, 0.3) is 0 Å². The maximum atomic E-state index is 13.1. The number of hydrogen-bond donors (Lipinski definition) is 2. The first kappa shape index (κ1) is 20.5. The van der Waals surface area contributed by atoms with Crippen LogP contribution in [0.3, 0.4) is 0 Å². The summed E-state index contributed by atoms with van der Waals surface area (Å²) in [5.74, 6) is -0.891. The van der Waals surface area contributed by atoms with Crippen LogP contribution in [0.4, 0.5) is 11.4 Å². The smallest absolute Gasteiger partial charge is 0.247 e. The normalized spacial score (nSPS) is 20.9. The van der Waals surface area contributed by atoms with Gasteiger partial charge in [-0.3, -0.25) is 14.4 Å². The van der Waals surface area contributed by atoms with Crippen molar-refractivity contribution in [3.63, 3.8) is 0 Å². The highest BCUT2D eigenvalue weighted by Crippen LogP contribution is 2.36. The van der Waals surface area contributed by atoms with Crippen molar-refractivity contribution in [3.05, 3.63) is 53.6 Å². The standard InChI is InChI=1S/C23H25N3O3S/c1-14-10-15(2)12-17(11-14)24-21(27)16-6-5-9-26(13-16)23(29)20-22(28)25-18-7-3-4-8-19(18)30-20/h3-4,7-8,10-12,16,20H,5-6,9,13H2,1-2H3,(H,24,27)(H,25,28)/t16-,20-/m1/s1. The van der Waals surface area contributed by atoms with Crippen molar-refractivity contribution in [1.82, 2.24) is 4.90 Å². The van der Waals surface area contributed by atoms with E-state index in [1.54, 1.807) is 4.90 Å². The van der Waals surface area contributed by atoms with E-state index in [1.807, 2.05) is 50.2 Å². The molecule has 4 rings (SSSR count). The molecule has 156 valence electrons. The van der Waals surface area contributed by atoms with Crippen molar-refractivity contribution in [3.8, 4) is 0 Å². The van der Waals surface area contributed by atoms with Crippen LogP contribution in [-0.4, -0.2) is 41.0 Å². The second kappa shape index (κ2) is 8.52. The summed E-state index contributed by atoms with van der Waals surface area (Å²) in [6.07, 6.45) is 1.47. The van der Waals surface area contributed by atoms with Gasteiger partial charge in [0, 0.05) is 23.7 Å². The molecule has 0 aromatic heterocycles. The third-order valence-electron chi connectivity index (χ3n) is 5.45. The highest BCUT2D eigenvalue weighted by Gasteiger charge is 2.38. The summed E-state index contributed by atoms with van der Waals surface area (Å²) in [4.78, 5) is 41.0. The van der Waals surface area contributed by atoms with E-state index in [1.165, 1.54) is 11.8 Å². The van der Waals surface area contributed by atoms with Gasteiger partial charge in [0.15, 0.2) is 5.25 Å². The Morgan fingerprint density at radius 2 is 1.87 bits per heavy atom. The van der Waals surface area contributed by atoms with Crippen LogP contribution < -0.4 is 10.6 Å². The molecule has 2 aromatic rings. The number of likely N-dealkylation sites (tertiary alicyclic amines) is 1. The quantitative estimate of drug-likeness (QED) is 0.740. The minimum Gasteiger partial charge on any atom is -0.340 e. The molecule has 0 unspecified atom stereocenters. The molecular formula is C23H25N3O3S. The molecule has 2 aromatic carbocycles. The number of nitrogens with one attached hydrogen (secondary N) is 2. The zero-order valence-electron chi connectivity index (χ0n) is 17.1. The lowest BCUT2D eigenvalue weighted by Gasteiger charge is -2.35. The number of amides is 3.